The molecular formula is C13H19BrN2O3. The summed E-state index contributed by atoms with van der Waals surface area (Å²) in [5, 5.41) is 3.23. The molecule has 1 rings (SSSR count). The first-order chi connectivity index (χ1) is 9.06. The Hall–Kier alpha value is -1.11. The summed E-state index contributed by atoms with van der Waals surface area (Å²) < 4.78 is 11.4. The fraction of sp³-hybridized carbons (Fsp3) is 0.462. The van der Waals surface area contributed by atoms with E-state index in [1.54, 1.807) is 14.0 Å². The molecule has 0 fully saturated rings. The Balaban J connectivity index is 2.74. The highest BCUT2D eigenvalue weighted by molar-refractivity contribution is 9.10. The van der Waals surface area contributed by atoms with Gasteiger partial charge in [0.25, 0.3) is 5.91 Å². The summed E-state index contributed by atoms with van der Waals surface area (Å²) in [5.41, 5.74) is 6.17. The lowest BCUT2D eigenvalue weighted by Gasteiger charge is -2.17. The number of para-hydroxylation sites is 1. The minimum absolute atomic E-state index is 0.492. The maximum atomic E-state index is 11.1. The summed E-state index contributed by atoms with van der Waals surface area (Å²) in [4.78, 5) is 11.1. The van der Waals surface area contributed by atoms with Crippen molar-refractivity contribution in [1.82, 2.24) is 5.32 Å². The van der Waals surface area contributed by atoms with Crippen LogP contribution in [0, 0.1) is 0 Å². The van der Waals surface area contributed by atoms with Crippen LogP contribution < -0.4 is 15.8 Å². The van der Waals surface area contributed by atoms with Crippen molar-refractivity contribution in [3.63, 3.8) is 0 Å². The second-order valence-corrected chi connectivity index (χ2v) is 4.91. The average Bonchev–Trinajstić information content (AvgIpc) is 2.38. The SMILES string of the molecule is COCCNCc1cccc(Br)c1OC(C)C(N)=O. The topological polar surface area (TPSA) is 73.6 Å². The van der Waals surface area contributed by atoms with E-state index in [1.807, 2.05) is 18.2 Å². The number of carbonyl (C=O) groups is 1. The Kier molecular flexibility index (Phi) is 6.83. The van der Waals surface area contributed by atoms with Gasteiger partial charge >= 0.3 is 0 Å². The lowest BCUT2D eigenvalue weighted by atomic mass is 10.2. The van der Waals surface area contributed by atoms with E-state index in [0.717, 1.165) is 16.6 Å². The molecule has 0 bridgehead atoms. The van der Waals surface area contributed by atoms with Crippen molar-refractivity contribution >= 4 is 21.8 Å². The minimum atomic E-state index is -0.670. The molecule has 106 valence electrons. The Morgan fingerprint density at radius 1 is 1.53 bits per heavy atom. The summed E-state index contributed by atoms with van der Waals surface area (Å²) in [7, 11) is 1.66. The third kappa shape index (κ3) is 5.18. The number of benzene rings is 1. The number of carbonyl (C=O) groups excluding carboxylic acids is 1. The van der Waals surface area contributed by atoms with Crippen LogP contribution in [0.1, 0.15) is 12.5 Å². The number of ether oxygens (including phenoxy) is 2. The smallest absolute Gasteiger partial charge is 0.258 e. The third-order valence-corrected chi connectivity index (χ3v) is 3.17. The number of primary amides is 1. The number of hydrogen-bond donors (Lipinski definition) is 2. The van der Waals surface area contributed by atoms with Crippen molar-refractivity contribution in [3.8, 4) is 5.75 Å². The number of rotatable bonds is 8. The predicted octanol–water partition coefficient (Wildman–Crippen LogP) is 1.44. The van der Waals surface area contributed by atoms with Gasteiger partial charge in [-0.25, -0.2) is 0 Å². The number of nitrogens with one attached hydrogen (secondary N) is 1. The molecule has 0 saturated carbocycles. The first kappa shape index (κ1) is 15.9. The molecule has 0 saturated heterocycles. The van der Waals surface area contributed by atoms with Crippen LogP contribution in [0.5, 0.6) is 5.75 Å². The van der Waals surface area contributed by atoms with Gasteiger partial charge in [0.2, 0.25) is 0 Å². The zero-order chi connectivity index (χ0) is 14.3. The Bertz CT molecular complexity index is 426. The zero-order valence-electron chi connectivity index (χ0n) is 11.1. The quantitative estimate of drug-likeness (QED) is 0.707. The monoisotopic (exact) mass is 330 g/mol. The highest BCUT2D eigenvalue weighted by atomic mass is 79.9. The van der Waals surface area contributed by atoms with Gasteiger partial charge < -0.3 is 20.5 Å². The summed E-state index contributed by atoms with van der Waals surface area (Å²) >= 11 is 3.42. The van der Waals surface area contributed by atoms with Crippen molar-refractivity contribution in [3.05, 3.63) is 28.2 Å². The minimum Gasteiger partial charge on any atom is -0.479 e. The molecule has 1 atom stereocenters. The molecule has 3 N–H and O–H groups in total. The lowest BCUT2D eigenvalue weighted by Crippen LogP contribution is -2.31. The molecule has 0 heterocycles. The second kappa shape index (κ2) is 8.14. The van der Waals surface area contributed by atoms with Gasteiger partial charge in [0, 0.05) is 25.8 Å². The first-order valence-corrected chi connectivity index (χ1v) is 6.78. The van der Waals surface area contributed by atoms with Crippen LogP contribution in [0.2, 0.25) is 0 Å². The Morgan fingerprint density at radius 2 is 2.26 bits per heavy atom. The normalized spacial score (nSPS) is 12.2. The molecule has 1 unspecified atom stereocenters. The molecule has 5 nitrogen and oxygen atoms in total. The summed E-state index contributed by atoms with van der Waals surface area (Å²) in [6, 6.07) is 5.72. The van der Waals surface area contributed by atoms with Gasteiger partial charge in [-0.2, -0.15) is 0 Å². The molecule has 1 amide bonds. The van der Waals surface area contributed by atoms with E-state index in [9.17, 15) is 4.79 Å². The number of hydrogen-bond acceptors (Lipinski definition) is 4. The molecule has 0 radical (unpaired) electrons. The van der Waals surface area contributed by atoms with E-state index < -0.39 is 12.0 Å². The molecule has 6 heteroatoms. The van der Waals surface area contributed by atoms with Gasteiger partial charge in [0.1, 0.15) is 5.75 Å². The number of methoxy groups -OCH3 is 1. The Labute approximate surface area is 121 Å². The van der Waals surface area contributed by atoms with Crippen molar-refractivity contribution in [2.45, 2.75) is 19.6 Å². The maximum Gasteiger partial charge on any atom is 0.258 e. The van der Waals surface area contributed by atoms with E-state index in [2.05, 4.69) is 21.2 Å². The van der Waals surface area contributed by atoms with Crippen molar-refractivity contribution in [2.75, 3.05) is 20.3 Å². The molecule has 0 spiro atoms. The van der Waals surface area contributed by atoms with Crippen LogP contribution in [-0.4, -0.2) is 32.3 Å². The van der Waals surface area contributed by atoms with E-state index in [-0.39, 0.29) is 0 Å². The van der Waals surface area contributed by atoms with E-state index in [0.29, 0.717) is 18.9 Å². The molecular weight excluding hydrogens is 312 g/mol. The van der Waals surface area contributed by atoms with Crippen molar-refractivity contribution < 1.29 is 14.3 Å². The van der Waals surface area contributed by atoms with E-state index in [1.165, 1.54) is 0 Å². The largest absolute Gasteiger partial charge is 0.479 e. The standard InChI is InChI=1S/C13H19BrN2O3/c1-9(13(15)17)19-12-10(4-3-5-11(12)14)8-16-6-7-18-2/h3-5,9,16H,6-8H2,1-2H3,(H2,15,17). The van der Waals surface area contributed by atoms with Crippen LogP contribution in [0.3, 0.4) is 0 Å². The van der Waals surface area contributed by atoms with Crippen LogP contribution >= 0.6 is 15.9 Å². The van der Waals surface area contributed by atoms with Gasteiger partial charge in [-0.05, 0) is 28.9 Å². The Morgan fingerprint density at radius 3 is 2.89 bits per heavy atom. The van der Waals surface area contributed by atoms with Gasteiger partial charge in [-0.1, -0.05) is 12.1 Å². The first-order valence-electron chi connectivity index (χ1n) is 5.99. The van der Waals surface area contributed by atoms with Gasteiger partial charge in [0.15, 0.2) is 6.10 Å². The van der Waals surface area contributed by atoms with E-state index >= 15 is 0 Å². The fourth-order valence-corrected chi connectivity index (χ4v) is 1.96. The maximum absolute atomic E-state index is 11.1. The molecule has 0 aliphatic rings. The fourth-order valence-electron chi connectivity index (χ4n) is 1.46. The summed E-state index contributed by atoms with van der Waals surface area (Å²) in [6.45, 7) is 3.64. The number of amides is 1. The molecule has 0 aromatic heterocycles. The van der Waals surface area contributed by atoms with Gasteiger partial charge in [0.05, 0.1) is 11.1 Å². The highest BCUT2D eigenvalue weighted by Gasteiger charge is 2.15. The molecule has 1 aromatic carbocycles. The third-order valence-electron chi connectivity index (χ3n) is 2.54. The van der Waals surface area contributed by atoms with Crippen LogP contribution in [0.4, 0.5) is 0 Å². The van der Waals surface area contributed by atoms with Gasteiger partial charge in [-0.3, -0.25) is 4.79 Å². The number of nitrogens with two attached hydrogens (primary N) is 1. The van der Waals surface area contributed by atoms with E-state index in [4.69, 9.17) is 15.2 Å². The van der Waals surface area contributed by atoms with Crippen molar-refractivity contribution in [2.24, 2.45) is 5.73 Å². The zero-order valence-corrected chi connectivity index (χ0v) is 12.7. The number of halogens is 1. The lowest BCUT2D eigenvalue weighted by molar-refractivity contribution is -0.124. The van der Waals surface area contributed by atoms with Crippen LogP contribution in [0.15, 0.2) is 22.7 Å². The predicted molar refractivity (Wildman–Crippen MR) is 77.0 cm³/mol. The molecule has 0 aliphatic carbocycles. The summed E-state index contributed by atoms with van der Waals surface area (Å²) in [5.74, 6) is 0.146. The summed E-state index contributed by atoms with van der Waals surface area (Å²) in [6.07, 6.45) is -0.670. The van der Waals surface area contributed by atoms with Gasteiger partial charge in [-0.15, -0.1) is 0 Å². The van der Waals surface area contributed by atoms with Crippen LogP contribution in [-0.2, 0) is 16.1 Å². The second-order valence-electron chi connectivity index (χ2n) is 4.06. The molecule has 1 aromatic rings. The van der Waals surface area contributed by atoms with Crippen LogP contribution in [0.25, 0.3) is 0 Å². The highest BCUT2D eigenvalue weighted by Crippen LogP contribution is 2.29. The average molecular weight is 331 g/mol. The van der Waals surface area contributed by atoms with Crippen molar-refractivity contribution in [1.29, 1.82) is 0 Å². The molecule has 19 heavy (non-hydrogen) atoms. The molecule has 0 aliphatic heterocycles.